The van der Waals surface area contributed by atoms with Gasteiger partial charge in [-0.15, -0.1) is 5.10 Å². The lowest BCUT2D eigenvalue weighted by atomic mass is 10.2. The maximum Gasteiger partial charge on any atom is 0.211 e. The summed E-state index contributed by atoms with van der Waals surface area (Å²) in [5.41, 5.74) is 10.3. The van der Waals surface area contributed by atoms with Crippen LogP contribution in [0.3, 0.4) is 0 Å². The van der Waals surface area contributed by atoms with Crippen LogP contribution in [-0.4, -0.2) is 12.2 Å². The normalized spacial score (nSPS) is 10.6. The Kier molecular flexibility index (Phi) is 3.88. The van der Waals surface area contributed by atoms with Crippen LogP contribution in [0.5, 0.6) is 0 Å². The van der Waals surface area contributed by atoms with E-state index in [4.69, 9.17) is 34.7 Å². The first-order valence-corrected chi connectivity index (χ1v) is 4.53. The van der Waals surface area contributed by atoms with E-state index >= 15 is 0 Å². The Bertz CT molecular complexity index is 427. The SMILES string of the molecule is NC(N)=NN=Cc1c(Cl)ccc(F)c1Cl. The summed E-state index contributed by atoms with van der Waals surface area (Å²) in [6.45, 7) is 0. The summed E-state index contributed by atoms with van der Waals surface area (Å²) in [6, 6.07) is 2.52. The van der Waals surface area contributed by atoms with E-state index in [0.717, 1.165) is 6.07 Å². The van der Waals surface area contributed by atoms with Gasteiger partial charge in [0, 0.05) is 5.56 Å². The van der Waals surface area contributed by atoms with Crippen LogP contribution in [0.1, 0.15) is 5.56 Å². The molecule has 1 rings (SSSR count). The van der Waals surface area contributed by atoms with Gasteiger partial charge in [0.05, 0.1) is 16.3 Å². The molecular weight excluding hydrogens is 242 g/mol. The van der Waals surface area contributed by atoms with Crippen molar-refractivity contribution in [3.8, 4) is 0 Å². The van der Waals surface area contributed by atoms with Crippen molar-refractivity contribution in [3.05, 3.63) is 33.6 Å². The van der Waals surface area contributed by atoms with Crippen LogP contribution in [0.2, 0.25) is 10.0 Å². The van der Waals surface area contributed by atoms with Gasteiger partial charge in [-0.25, -0.2) is 4.39 Å². The minimum absolute atomic E-state index is 0.128. The van der Waals surface area contributed by atoms with Crippen molar-refractivity contribution >= 4 is 35.4 Å². The van der Waals surface area contributed by atoms with Crippen molar-refractivity contribution in [2.45, 2.75) is 0 Å². The lowest BCUT2D eigenvalue weighted by Gasteiger charge is -2.00. The van der Waals surface area contributed by atoms with E-state index in [1.54, 1.807) is 0 Å². The van der Waals surface area contributed by atoms with E-state index < -0.39 is 5.82 Å². The molecule has 0 amide bonds. The first kappa shape index (κ1) is 11.7. The monoisotopic (exact) mass is 248 g/mol. The van der Waals surface area contributed by atoms with Gasteiger partial charge in [0.2, 0.25) is 5.96 Å². The third-order valence-electron chi connectivity index (χ3n) is 1.44. The molecule has 0 fully saturated rings. The fourth-order valence-corrected chi connectivity index (χ4v) is 1.28. The van der Waals surface area contributed by atoms with Gasteiger partial charge in [0.25, 0.3) is 0 Å². The second kappa shape index (κ2) is 4.95. The molecule has 0 aliphatic carbocycles. The van der Waals surface area contributed by atoms with E-state index in [2.05, 4.69) is 10.2 Å². The van der Waals surface area contributed by atoms with E-state index in [1.807, 2.05) is 0 Å². The number of nitrogens with zero attached hydrogens (tertiary/aromatic N) is 2. The molecule has 4 nitrogen and oxygen atoms in total. The zero-order chi connectivity index (χ0) is 11.4. The maximum absolute atomic E-state index is 13.0. The zero-order valence-corrected chi connectivity index (χ0v) is 8.93. The minimum Gasteiger partial charge on any atom is -0.369 e. The van der Waals surface area contributed by atoms with Gasteiger partial charge < -0.3 is 11.5 Å². The summed E-state index contributed by atoms with van der Waals surface area (Å²) in [7, 11) is 0. The quantitative estimate of drug-likeness (QED) is 0.362. The summed E-state index contributed by atoms with van der Waals surface area (Å²) in [5, 5.41) is 6.95. The molecule has 0 atom stereocenters. The number of rotatable bonds is 2. The third-order valence-corrected chi connectivity index (χ3v) is 2.15. The molecule has 1 aromatic carbocycles. The Labute approximate surface area is 95.4 Å². The molecule has 0 spiro atoms. The van der Waals surface area contributed by atoms with E-state index in [9.17, 15) is 4.39 Å². The zero-order valence-electron chi connectivity index (χ0n) is 7.42. The number of guanidine groups is 1. The molecule has 0 unspecified atom stereocenters. The highest BCUT2D eigenvalue weighted by molar-refractivity contribution is 6.38. The summed E-state index contributed by atoms with van der Waals surface area (Å²) in [5.74, 6) is -0.804. The van der Waals surface area contributed by atoms with Crippen molar-refractivity contribution < 1.29 is 4.39 Å². The number of benzene rings is 1. The van der Waals surface area contributed by atoms with Crippen molar-refractivity contribution in [1.29, 1.82) is 0 Å². The van der Waals surface area contributed by atoms with Crippen molar-refractivity contribution in [3.63, 3.8) is 0 Å². The minimum atomic E-state index is -0.591. The van der Waals surface area contributed by atoms with Crippen molar-refractivity contribution in [1.82, 2.24) is 0 Å². The lowest BCUT2D eigenvalue weighted by Crippen LogP contribution is -2.21. The number of hydrogen-bond donors (Lipinski definition) is 2. The molecule has 80 valence electrons. The largest absolute Gasteiger partial charge is 0.369 e. The molecule has 0 aromatic heterocycles. The molecule has 0 saturated heterocycles. The number of nitrogens with two attached hydrogens (primary N) is 2. The van der Waals surface area contributed by atoms with Gasteiger partial charge in [0.1, 0.15) is 5.82 Å². The summed E-state index contributed by atoms with van der Waals surface area (Å²) in [4.78, 5) is 0. The van der Waals surface area contributed by atoms with Crippen LogP contribution in [0, 0.1) is 5.82 Å². The lowest BCUT2D eigenvalue weighted by molar-refractivity contribution is 0.628. The first-order valence-electron chi connectivity index (χ1n) is 3.78. The highest BCUT2D eigenvalue weighted by Crippen LogP contribution is 2.25. The first-order chi connectivity index (χ1) is 7.02. The standard InChI is InChI=1S/C8H7Cl2FN4/c9-5-1-2-6(11)7(10)4(5)3-14-15-8(12)13/h1-3H,(H4,12,13,15). The predicted molar refractivity (Wildman–Crippen MR) is 59.8 cm³/mol. The van der Waals surface area contributed by atoms with Gasteiger partial charge in [-0.1, -0.05) is 23.2 Å². The Morgan fingerprint density at radius 1 is 1.33 bits per heavy atom. The van der Waals surface area contributed by atoms with Gasteiger partial charge >= 0.3 is 0 Å². The van der Waals surface area contributed by atoms with Crippen LogP contribution < -0.4 is 11.5 Å². The van der Waals surface area contributed by atoms with Gasteiger partial charge in [0.15, 0.2) is 0 Å². The van der Waals surface area contributed by atoms with Crippen LogP contribution in [0.15, 0.2) is 22.3 Å². The summed E-state index contributed by atoms with van der Waals surface area (Å²) < 4.78 is 13.0. The molecule has 0 radical (unpaired) electrons. The van der Waals surface area contributed by atoms with E-state index in [0.29, 0.717) is 0 Å². The summed E-state index contributed by atoms with van der Waals surface area (Å²) in [6.07, 6.45) is 1.17. The summed E-state index contributed by atoms with van der Waals surface area (Å²) >= 11 is 11.4. The van der Waals surface area contributed by atoms with Gasteiger partial charge in [-0.3, -0.25) is 0 Å². The topological polar surface area (TPSA) is 76.8 Å². The van der Waals surface area contributed by atoms with Crippen LogP contribution >= 0.6 is 23.2 Å². The molecule has 4 N–H and O–H groups in total. The Balaban J connectivity index is 3.09. The fraction of sp³-hybridized carbons (Fsp3) is 0. The smallest absolute Gasteiger partial charge is 0.211 e. The molecule has 0 aliphatic rings. The average molecular weight is 249 g/mol. The predicted octanol–water partition coefficient (Wildman–Crippen LogP) is 1.74. The molecule has 0 heterocycles. The molecule has 7 heteroatoms. The van der Waals surface area contributed by atoms with Crippen LogP contribution in [0.25, 0.3) is 0 Å². The second-order valence-corrected chi connectivity index (χ2v) is 3.31. The Hall–Kier alpha value is -1.33. The molecule has 0 bridgehead atoms. The van der Waals surface area contributed by atoms with Gasteiger partial charge in [-0.05, 0) is 12.1 Å². The number of halogens is 3. The second-order valence-electron chi connectivity index (χ2n) is 2.53. The number of hydrogen-bond acceptors (Lipinski definition) is 2. The van der Waals surface area contributed by atoms with Crippen molar-refractivity contribution in [2.24, 2.45) is 21.7 Å². The third kappa shape index (κ3) is 3.07. The van der Waals surface area contributed by atoms with Crippen LogP contribution in [-0.2, 0) is 0 Å². The molecule has 0 saturated carbocycles. The molecular formula is C8H7Cl2FN4. The van der Waals surface area contributed by atoms with E-state index in [1.165, 1.54) is 12.3 Å². The maximum atomic E-state index is 13.0. The molecule has 15 heavy (non-hydrogen) atoms. The Morgan fingerprint density at radius 3 is 2.60 bits per heavy atom. The average Bonchev–Trinajstić information content (AvgIpc) is 2.17. The Morgan fingerprint density at radius 2 is 2.00 bits per heavy atom. The molecule has 1 aromatic rings. The fourth-order valence-electron chi connectivity index (χ4n) is 0.814. The van der Waals surface area contributed by atoms with Crippen LogP contribution in [0.4, 0.5) is 4.39 Å². The van der Waals surface area contributed by atoms with E-state index in [-0.39, 0.29) is 21.6 Å². The highest BCUT2D eigenvalue weighted by atomic mass is 35.5. The van der Waals surface area contributed by atoms with Crippen molar-refractivity contribution in [2.75, 3.05) is 0 Å². The molecule has 0 aliphatic heterocycles. The highest BCUT2D eigenvalue weighted by Gasteiger charge is 2.08. The van der Waals surface area contributed by atoms with Gasteiger partial charge in [-0.2, -0.15) is 5.10 Å².